The predicted octanol–water partition coefficient (Wildman–Crippen LogP) is 4.01. The molecule has 1 heterocycles. The number of nitrogens with zero attached hydrogens (tertiary/aromatic N) is 2. The molecule has 0 N–H and O–H groups in total. The van der Waals surface area contributed by atoms with Gasteiger partial charge in [0.05, 0.1) is 24.9 Å². The predicted molar refractivity (Wildman–Crippen MR) is 94.2 cm³/mol. The van der Waals surface area contributed by atoms with Gasteiger partial charge in [-0.2, -0.15) is 0 Å². The molecule has 0 radical (unpaired) electrons. The lowest BCUT2D eigenvalue weighted by Gasteiger charge is -2.21. The van der Waals surface area contributed by atoms with Gasteiger partial charge >= 0.3 is 6.01 Å². The van der Waals surface area contributed by atoms with Gasteiger partial charge in [0.2, 0.25) is 0 Å². The summed E-state index contributed by atoms with van der Waals surface area (Å²) in [6.07, 6.45) is 2.43. The smallest absolute Gasteiger partial charge is 0.311 e. The second-order valence-corrected chi connectivity index (χ2v) is 7.61. The van der Waals surface area contributed by atoms with Crippen LogP contribution in [0.25, 0.3) is 0 Å². The van der Waals surface area contributed by atoms with E-state index in [-0.39, 0.29) is 12.6 Å². The third-order valence-electron chi connectivity index (χ3n) is 3.66. The summed E-state index contributed by atoms with van der Waals surface area (Å²) < 4.78 is 64.6. The van der Waals surface area contributed by atoms with Gasteiger partial charge in [-0.05, 0) is 23.8 Å². The first-order chi connectivity index (χ1) is 12.8. The molecule has 0 aliphatic heterocycles. The van der Waals surface area contributed by atoms with Crippen LogP contribution in [0.1, 0.15) is 5.56 Å². The van der Waals surface area contributed by atoms with Crippen LogP contribution in [0, 0.1) is 11.6 Å². The average Bonchev–Trinajstić information content (AvgIpc) is 3.17. The maximum atomic E-state index is 14.2. The topological polar surface area (TPSA) is 72.6 Å². The zero-order chi connectivity index (χ0) is 19.6. The number of hydrogen-bond donors (Lipinski definition) is 0. The fourth-order valence-electron chi connectivity index (χ4n) is 2.31. The highest BCUT2D eigenvalue weighted by Crippen LogP contribution is 2.29. The van der Waals surface area contributed by atoms with Crippen molar-refractivity contribution in [2.75, 3.05) is 11.4 Å². The van der Waals surface area contributed by atoms with E-state index in [0.29, 0.717) is 23.4 Å². The average molecular weight is 415 g/mol. The maximum Gasteiger partial charge on any atom is 0.311 e. The van der Waals surface area contributed by atoms with Crippen molar-refractivity contribution in [2.24, 2.45) is 0 Å². The number of anilines is 1. The number of sulfonamides is 1. The summed E-state index contributed by atoms with van der Waals surface area (Å²) in [5.41, 5.74) is 0.561. The van der Waals surface area contributed by atoms with E-state index in [4.69, 9.17) is 20.8 Å². The van der Waals surface area contributed by atoms with Crippen molar-refractivity contribution in [3.63, 3.8) is 0 Å². The van der Waals surface area contributed by atoms with Gasteiger partial charge in [-0.25, -0.2) is 26.5 Å². The molecule has 3 rings (SSSR count). The van der Waals surface area contributed by atoms with Gasteiger partial charge in [-0.15, -0.1) is 0 Å². The van der Waals surface area contributed by atoms with Crippen molar-refractivity contribution in [3.8, 4) is 5.75 Å². The van der Waals surface area contributed by atoms with Crippen LogP contribution < -0.4 is 9.04 Å². The van der Waals surface area contributed by atoms with E-state index < -0.39 is 31.6 Å². The van der Waals surface area contributed by atoms with Crippen LogP contribution in [-0.2, 0) is 16.6 Å². The summed E-state index contributed by atoms with van der Waals surface area (Å²) in [6.45, 7) is -0.207. The van der Waals surface area contributed by atoms with Crippen molar-refractivity contribution in [3.05, 3.63) is 71.1 Å². The largest absolute Gasteiger partial charge is 0.497 e. The molecular weight excluding hydrogens is 402 g/mol. The summed E-state index contributed by atoms with van der Waals surface area (Å²) >= 11 is 5.64. The molecule has 3 aromatic rings. The molecule has 0 aliphatic rings. The highest BCUT2D eigenvalue weighted by Gasteiger charge is 2.32. The van der Waals surface area contributed by atoms with Crippen LogP contribution in [0.15, 0.2) is 58.2 Å². The Balaban J connectivity index is 2.06. The molecule has 6 nitrogen and oxygen atoms in total. The first-order valence-electron chi connectivity index (χ1n) is 7.52. The van der Waals surface area contributed by atoms with Crippen LogP contribution in [0.3, 0.4) is 0 Å². The minimum atomic E-state index is -4.49. The van der Waals surface area contributed by atoms with Gasteiger partial charge in [0.1, 0.15) is 28.5 Å². The molecule has 0 fully saturated rings. The fraction of sp³-hybridized carbons (Fsp3) is 0.118. The summed E-state index contributed by atoms with van der Waals surface area (Å²) in [6, 6.07) is 7.42. The molecule has 0 saturated carbocycles. The zero-order valence-electron chi connectivity index (χ0n) is 13.9. The monoisotopic (exact) mass is 414 g/mol. The van der Waals surface area contributed by atoms with Crippen molar-refractivity contribution in [2.45, 2.75) is 11.4 Å². The standard InChI is InChI=1S/C17H13ClF2N2O4S/c1-25-12-4-2-11(3-5-12)10-22(17-21-6-7-26-17)27(23,24)16-8-13(18)14(19)9-15(16)20/h2-9H,10H2,1H3. The van der Waals surface area contributed by atoms with E-state index in [2.05, 4.69) is 4.98 Å². The Bertz CT molecular complexity index is 1040. The van der Waals surface area contributed by atoms with E-state index in [1.165, 1.54) is 19.6 Å². The molecule has 0 unspecified atom stereocenters. The van der Waals surface area contributed by atoms with Crippen LogP contribution in [0.4, 0.5) is 14.8 Å². The van der Waals surface area contributed by atoms with Gasteiger partial charge in [0.25, 0.3) is 10.0 Å². The van der Waals surface area contributed by atoms with Gasteiger partial charge in [0.15, 0.2) is 0 Å². The van der Waals surface area contributed by atoms with Gasteiger partial charge < -0.3 is 9.15 Å². The minimum Gasteiger partial charge on any atom is -0.497 e. The number of halogens is 3. The number of rotatable bonds is 6. The SMILES string of the molecule is COc1ccc(CN(c2ncco2)S(=O)(=O)c2cc(Cl)c(F)cc2F)cc1. The second-order valence-electron chi connectivity index (χ2n) is 5.37. The Morgan fingerprint density at radius 3 is 2.48 bits per heavy atom. The van der Waals surface area contributed by atoms with Gasteiger partial charge in [0, 0.05) is 6.07 Å². The Morgan fingerprint density at radius 1 is 1.19 bits per heavy atom. The molecule has 27 heavy (non-hydrogen) atoms. The molecule has 2 aromatic carbocycles. The zero-order valence-corrected chi connectivity index (χ0v) is 15.5. The molecular formula is C17H13ClF2N2O4S. The quantitative estimate of drug-likeness (QED) is 0.570. The second kappa shape index (κ2) is 7.53. The molecule has 0 saturated heterocycles. The molecule has 0 spiro atoms. The van der Waals surface area contributed by atoms with Gasteiger partial charge in [-0.1, -0.05) is 23.7 Å². The molecule has 0 aliphatic carbocycles. The van der Waals surface area contributed by atoms with Crippen LogP contribution >= 0.6 is 11.6 Å². The third kappa shape index (κ3) is 3.88. The first kappa shape index (κ1) is 19.1. The molecule has 0 atom stereocenters. The van der Waals surface area contributed by atoms with Crippen molar-refractivity contribution in [1.82, 2.24) is 4.98 Å². The Morgan fingerprint density at radius 2 is 1.89 bits per heavy atom. The van der Waals surface area contributed by atoms with Gasteiger partial charge in [-0.3, -0.25) is 0 Å². The van der Waals surface area contributed by atoms with Crippen molar-refractivity contribution in [1.29, 1.82) is 0 Å². The van der Waals surface area contributed by atoms with E-state index >= 15 is 0 Å². The number of aromatic nitrogens is 1. The van der Waals surface area contributed by atoms with Crippen LogP contribution in [-0.4, -0.2) is 20.5 Å². The van der Waals surface area contributed by atoms with E-state index in [1.54, 1.807) is 24.3 Å². The molecule has 1 aromatic heterocycles. The summed E-state index contributed by atoms with van der Waals surface area (Å²) in [7, 11) is -2.99. The lowest BCUT2D eigenvalue weighted by atomic mass is 10.2. The fourth-order valence-corrected chi connectivity index (χ4v) is 3.96. The number of benzene rings is 2. The number of hydrogen-bond acceptors (Lipinski definition) is 5. The normalized spacial score (nSPS) is 11.4. The van der Waals surface area contributed by atoms with Crippen LogP contribution in [0.5, 0.6) is 5.75 Å². The van der Waals surface area contributed by atoms with E-state index in [9.17, 15) is 17.2 Å². The highest BCUT2D eigenvalue weighted by atomic mass is 35.5. The van der Waals surface area contributed by atoms with E-state index in [1.807, 2.05) is 0 Å². The molecule has 142 valence electrons. The Labute approximate surface area is 159 Å². The first-order valence-corrected chi connectivity index (χ1v) is 9.34. The van der Waals surface area contributed by atoms with Crippen LogP contribution in [0.2, 0.25) is 5.02 Å². The van der Waals surface area contributed by atoms with Crippen molar-refractivity contribution < 1.29 is 26.4 Å². The third-order valence-corrected chi connectivity index (χ3v) is 5.68. The number of methoxy groups -OCH3 is 1. The molecule has 0 amide bonds. The lowest BCUT2D eigenvalue weighted by molar-refractivity contribution is 0.414. The van der Waals surface area contributed by atoms with E-state index in [0.717, 1.165) is 4.31 Å². The summed E-state index contributed by atoms with van der Waals surface area (Å²) in [5, 5.41) is -0.522. The Kier molecular flexibility index (Phi) is 5.33. The maximum absolute atomic E-state index is 14.2. The number of oxazole rings is 1. The molecule has 0 bridgehead atoms. The van der Waals surface area contributed by atoms with Crippen molar-refractivity contribution >= 4 is 27.6 Å². The number of ether oxygens (including phenoxy) is 1. The molecule has 10 heteroatoms. The lowest BCUT2D eigenvalue weighted by Crippen LogP contribution is -2.31. The Hall–Kier alpha value is -2.65. The highest BCUT2D eigenvalue weighted by molar-refractivity contribution is 7.92. The minimum absolute atomic E-state index is 0.207. The summed E-state index contributed by atoms with van der Waals surface area (Å²) in [5.74, 6) is -1.75. The summed E-state index contributed by atoms with van der Waals surface area (Å²) in [4.78, 5) is 3.04.